The van der Waals surface area contributed by atoms with Gasteiger partial charge in [-0.25, -0.2) is 0 Å². The van der Waals surface area contributed by atoms with Crippen LogP contribution in [0.25, 0.3) is 6.08 Å². The number of anilines is 1. The molecule has 25 heavy (non-hydrogen) atoms. The lowest BCUT2D eigenvalue weighted by atomic mass is 9.93. The van der Waals surface area contributed by atoms with E-state index < -0.39 is 0 Å². The number of hydrogen-bond donors (Lipinski definition) is 1. The standard InChI is InChI=1S/C18H18N4O2S/c1-11(23)22-9-8-12-4-2-3-5-14(12)15(22)10-16(24)19-18-21-20-17(25-18)13-6-7-13/h2-5,8-9,13,15H,6-7,10H2,1H3,(H,19,21,24). The Morgan fingerprint density at radius 3 is 2.84 bits per heavy atom. The molecule has 6 nitrogen and oxygen atoms in total. The Kier molecular flexibility index (Phi) is 4.09. The van der Waals surface area contributed by atoms with E-state index in [4.69, 9.17) is 0 Å². The Morgan fingerprint density at radius 2 is 2.08 bits per heavy atom. The third-order valence-corrected chi connectivity index (χ3v) is 5.46. The van der Waals surface area contributed by atoms with Crippen molar-refractivity contribution >= 4 is 34.4 Å². The summed E-state index contributed by atoms with van der Waals surface area (Å²) < 4.78 is 0. The third kappa shape index (κ3) is 3.32. The van der Waals surface area contributed by atoms with Gasteiger partial charge in [0.25, 0.3) is 0 Å². The van der Waals surface area contributed by atoms with Gasteiger partial charge in [-0.15, -0.1) is 10.2 Å². The Balaban J connectivity index is 1.51. The molecule has 2 aromatic rings. The van der Waals surface area contributed by atoms with Crippen LogP contribution in [0.1, 0.15) is 54.3 Å². The van der Waals surface area contributed by atoms with Crippen molar-refractivity contribution in [3.05, 3.63) is 46.6 Å². The van der Waals surface area contributed by atoms with Crippen molar-refractivity contribution in [3.8, 4) is 0 Å². The Hall–Kier alpha value is -2.54. The molecule has 0 saturated heterocycles. The van der Waals surface area contributed by atoms with Crippen LogP contribution in [0.15, 0.2) is 30.5 Å². The maximum absolute atomic E-state index is 12.5. The molecule has 2 aliphatic rings. The molecule has 0 radical (unpaired) electrons. The van der Waals surface area contributed by atoms with Crippen molar-refractivity contribution in [2.24, 2.45) is 0 Å². The summed E-state index contributed by atoms with van der Waals surface area (Å²) in [6.45, 7) is 1.51. The topological polar surface area (TPSA) is 75.2 Å². The van der Waals surface area contributed by atoms with Crippen LogP contribution in [0.3, 0.4) is 0 Å². The zero-order valence-electron chi connectivity index (χ0n) is 13.8. The highest BCUT2D eigenvalue weighted by Crippen LogP contribution is 2.42. The minimum absolute atomic E-state index is 0.0875. The molecule has 1 aliphatic heterocycles. The lowest BCUT2D eigenvalue weighted by Crippen LogP contribution is -2.33. The van der Waals surface area contributed by atoms with Gasteiger partial charge in [0, 0.05) is 19.0 Å². The predicted octanol–water partition coefficient (Wildman–Crippen LogP) is 3.32. The van der Waals surface area contributed by atoms with E-state index in [0.717, 1.165) is 29.0 Å². The molecular formula is C18H18N4O2S. The second-order valence-electron chi connectivity index (χ2n) is 6.36. The van der Waals surface area contributed by atoms with Crippen LogP contribution in [0.2, 0.25) is 0 Å². The molecule has 7 heteroatoms. The van der Waals surface area contributed by atoms with Gasteiger partial charge in [0.1, 0.15) is 5.01 Å². The average Bonchev–Trinajstić information content (AvgIpc) is 3.35. The smallest absolute Gasteiger partial charge is 0.228 e. The van der Waals surface area contributed by atoms with Crippen LogP contribution in [-0.4, -0.2) is 26.9 Å². The molecule has 1 aliphatic carbocycles. The summed E-state index contributed by atoms with van der Waals surface area (Å²) in [5, 5.41) is 12.5. The van der Waals surface area contributed by atoms with E-state index in [1.165, 1.54) is 18.3 Å². The first-order valence-corrected chi connectivity index (χ1v) is 9.13. The number of fused-ring (bicyclic) bond motifs is 1. The van der Waals surface area contributed by atoms with E-state index in [1.54, 1.807) is 11.1 Å². The molecule has 1 aromatic heterocycles. The minimum Gasteiger partial charge on any atom is -0.311 e. The van der Waals surface area contributed by atoms with Crippen molar-refractivity contribution in [1.29, 1.82) is 0 Å². The lowest BCUT2D eigenvalue weighted by molar-refractivity contribution is -0.129. The monoisotopic (exact) mass is 354 g/mol. The zero-order chi connectivity index (χ0) is 17.4. The van der Waals surface area contributed by atoms with Crippen LogP contribution in [0.5, 0.6) is 0 Å². The van der Waals surface area contributed by atoms with E-state index in [2.05, 4.69) is 15.5 Å². The van der Waals surface area contributed by atoms with Crippen LogP contribution in [0, 0.1) is 0 Å². The molecule has 4 rings (SSSR count). The van der Waals surface area contributed by atoms with Crippen molar-refractivity contribution in [2.75, 3.05) is 5.32 Å². The zero-order valence-corrected chi connectivity index (χ0v) is 14.6. The largest absolute Gasteiger partial charge is 0.311 e. The molecular weight excluding hydrogens is 336 g/mol. The predicted molar refractivity (Wildman–Crippen MR) is 95.9 cm³/mol. The number of nitrogens with one attached hydrogen (secondary N) is 1. The number of hydrogen-bond acceptors (Lipinski definition) is 5. The lowest BCUT2D eigenvalue weighted by Gasteiger charge is -2.32. The normalized spacial score (nSPS) is 18.8. The number of carbonyl (C=O) groups is 2. The maximum atomic E-state index is 12.5. The second-order valence-corrected chi connectivity index (χ2v) is 7.37. The van der Waals surface area contributed by atoms with Crippen LogP contribution >= 0.6 is 11.3 Å². The molecule has 1 fully saturated rings. The molecule has 1 aromatic carbocycles. The van der Waals surface area contributed by atoms with Gasteiger partial charge in [-0.3, -0.25) is 9.59 Å². The van der Waals surface area contributed by atoms with Crippen LogP contribution < -0.4 is 5.32 Å². The van der Waals surface area contributed by atoms with Crippen molar-refractivity contribution in [1.82, 2.24) is 15.1 Å². The highest BCUT2D eigenvalue weighted by Gasteiger charge is 2.30. The molecule has 0 spiro atoms. The quantitative estimate of drug-likeness (QED) is 0.914. The fourth-order valence-corrected chi connectivity index (χ4v) is 3.97. The second kappa shape index (κ2) is 6.40. The molecule has 1 N–H and O–H groups in total. The fourth-order valence-electron chi connectivity index (χ4n) is 3.04. The molecule has 2 heterocycles. The summed E-state index contributed by atoms with van der Waals surface area (Å²) in [6.07, 6.45) is 6.14. The fraction of sp³-hybridized carbons (Fsp3) is 0.333. The van der Waals surface area contributed by atoms with E-state index in [-0.39, 0.29) is 24.3 Å². The van der Waals surface area contributed by atoms with Gasteiger partial charge in [0.15, 0.2) is 0 Å². The average molecular weight is 354 g/mol. The number of carbonyl (C=O) groups excluding carboxylic acids is 2. The van der Waals surface area contributed by atoms with Gasteiger partial charge in [-0.2, -0.15) is 0 Å². The van der Waals surface area contributed by atoms with Gasteiger partial charge in [0.05, 0.1) is 12.5 Å². The van der Waals surface area contributed by atoms with Gasteiger partial charge < -0.3 is 10.2 Å². The number of rotatable bonds is 4. The molecule has 0 bridgehead atoms. The molecule has 2 amide bonds. The first kappa shape index (κ1) is 16.0. The first-order valence-electron chi connectivity index (χ1n) is 8.31. The Bertz CT molecular complexity index is 856. The molecule has 1 unspecified atom stereocenters. The van der Waals surface area contributed by atoms with Gasteiger partial charge >= 0.3 is 0 Å². The van der Waals surface area contributed by atoms with Crippen LogP contribution in [-0.2, 0) is 9.59 Å². The summed E-state index contributed by atoms with van der Waals surface area (Å²) in [4.78, 5) is 26.1. The molecule has 1 saturated carbocycles. The highest BCUT2D eigenvalue weighted by molar-refractivity contribution is 7.15. The number of benzene rings is 1. The molecule has 128 valence electrons. The van der Waals surface area contributed by atoms with E-state index >= 15 is 0 Å². The summed E-state index contributed by atoms with van der Waals surface area (Å²) in [5.41, 5.74) is 2.01. The third-order valence-electron chi connectivity index (χ3n) is 4.46. The van der Waals surface area contributed by atoms with Crippen molar-refractivity contribution in [3.63, 3.8) is 0 Å². The van der Waals surface area contributed by atoms with Gasteiger partial charge in [0.2, 0.25) is 16.9 Å². The Morgan fingerprint density at radius 1 is 1.28 bits per heavy atom. The maximum Gasteiger partial charge on any atom is 0.228 e. The number of amides is 2. The summed E-state index contributed by atoms with van der Waals surface area (Å²) >= 11 is 1.44. The van der Waals surface area contributed by atoms with E-state index in [1.807, 2.05) is 30.3 Å². The minimum atomic E-state index is -0.311. The van der Waals surface area contributed by atoms with Crippen molar-refractivity contribution in [2.45, 2.75) is 38.1 Å². The summed E-state index contributed by atoms with van der Waals surface area (Å²) in [7, 11) is 0. The van der Waals surface area contributed by atoms with Gasteiger partial charge in [-0.1, -0.05) is 35.6 Å². The number of aromatic nitrogens is 2. The van der Waals surface area contributed by atoms with Gasteiger partial charge in [-0.05, 0) is 30.0 Å². The van der Waals surface area contributed by atoms with E-state index in [9.17, 15) is 9.59 Å². The first-order chi connectivity index (χ1) is 12.1. The summed E-state index contributed by atoms with van der Waals surface area (Å²) in [6, 6.07) is 7.51. The highest BCUT2D eigenvalue weighted by atomic mass is 32.1. The van der Waals surface area contributed by atoms with E-state index in [0.29, 0.717) is 11.0 Å². The Labute approximate surface area is 149 Å². The van der Waals surface area contributed by atoms with Crippen molar-refractivity contribution < 1.29 is 9.59 Å². The summed E-state index contributed by atoms with van der Waals surface area (Å²) in [5.74, 6) is 0.266. The van der Waals surface area contributed by atoms with Crippen LogP contribution in [0.4, 0.5) is 5.13 Å². The SMILES string of the molecule is CC(=O)N1C=Cc2ccccc2C1CC(=O)Nc1nnc(C2CC2)s1. The molecule has 1 atom stereocenters. The number of nitrogens with zero attached hydrogens (tertiary/aromatic N) is 3.